The SMILES string of the molecule is C[C@H]1CN(c2nc(=O)n3c4c(c(-c5ccc(F)cc5)c(C(F)(F)F)cc24)SC[C@@H]3CC2CN(C(=O)OCc3ccccc3)C2)[C@@H](C)CN1C(=O)OC(C)(C)C. The molecular formula is C40H43F4N5O5S. The zero-order chi connectivity index (χ0) is 39.4. The van der Waals surface area contributed by atoms with Crippen LogP contribution >= 0.6 is 11.8 Å². The van der Waals surface area contributed by atoms with Crippen molar-refractivity contribution in [1.82, 2.24) is 19.4 Å². The third-order valence-electron chi connectivity index (χ3n) is 10.3. The van der Waals surface area contributed by atoms with E-state index in [1.807, 2.05) is 44.2 Å². The van der Waals surface area contributed by atoms with Crippen LogP contribution in [0.3, 0.4) is 0 Å². The zero-order valence-electron chi connectivity index (χ0n) is 31.2. The lowest BCUT2D eigenvalue weighted by Gasteiger charge is -2.45. The Morgan fingerprint density at radius 1 is 0.927 bits per heavy atom. The highest BCUT2D eigenvalue weighted by molar-refractivity contribution is 7.99. The minimum absolute atomic E-state index is 0.0193. The van der Waals surface area contributed by atoms with Gasteiger partial charge in [-0.1, -0.05) is 42.5 Å². The molecule has 7 rings (SSSR count). The number of hydrogen-bond donors (Lipinski definition) is 0. The van der Waals surface area contributed by atoms with Crippen LogP contribution < -0.4 is 10.6 Å². The lowest BCUT2D eigenvalue weighted by atomic mass is 9.92. The van der Waals surface area contributed by atoms with Gasteiger partial charge in [0, 0.05) is 65.9 Å². The molecule has 1 aromatic heterocycles. The number of alkyl halides is 3. The van der Waals surface area contributed by atoms with Gasteiger partial charge < -0.3 is 24.2 Å². The minimum atomic E-state index is -4.80. The highest BCUT2D eigenvalue weighted by Crippen LogP contribution is 2.51. The number of nitrogens with zero attached hydrogens (tertiary/aromatic N) is 5. The normalized spacial score (nSPS) is 20.4. The summed E-state index contributed by atoms with van der Waals surface area (Å²) in [6, 6.07) is 14.0. The van der Waals surface area contributed by atoms with Crippen LogP contribution in [0, 0.1) is 11.7 Å². The number of halogens is 4. The van der Waals surface area contributed by atoms with Crippen molar-refractivity contribution in [2.24, 2.45) is 5.92 Å². The fourth-order valence-corrected chi connectivity index (χ4v) is 9.03. The van der Waals surface area contributed by atoms with Gasteiger partial charge in [-0.05, 0) is 76.3 Å². The molecule has 0 radical (unpaired) electrons. The number of amides is 2. The van der Waals surface area contributed by atoms with Crippen LogP contribution in [0.15, 0.2) is 70.4 Å². The van der Waals surface area contributed by atoms with Gasteiger partial charge >= 0.3 is 24.1 Å². The van der Waals surface area contributed by atoms with Crippen molar-refractivity contribution < 1.29 is 36.6 Å². The molecule has 55 heavy (non-hydrogen) atoms. The summed E-state index contributed by atoms with van der Waals surface area (Å²) in [7, 11) is 0. The molecule has 4 aromatic rings. The monoisotopic (exact) mass is 781 g/mol. The maximum atomic E-state index is 15.1. The second kappa shape index (κ2) is 14.7. The summed E-state index contributed by atoms with van der Waals surface area (Å²) in [5, 5.41) is 0.162. The van der Waals surface area contributed by atoms with Crippen molar-refractivity contribution >= 4 is 40.7 Å². The second-order valence-corrected chi connectivity index (χ2v) is 16.6. The summed E-state index contributed by atoms with van der Waals surface area (Å²) in [6.45, 7) is 10.3. The molecule has 2 saturated heterocycles. The van der Waals surface area contributed by atoms with Crippen molar-refractivity contribution in [2.75, 3.05) is 36.8 Å². The third kappa shape index (κ3) is 7.85. The summed E-state index contributed by atoms with van der Waals surface area (Å²) in [5.41, 5.74) is -1.00. The van der Waals surface area contributed by atoms with Gasteiger partial charge in [0.15, 0.2) is 0 Å². The van der Waals surface area contributed by atoms with Crippen LogP contribution in [-0.4, -0.2) is 81.2 Å². The molecule has 3 aliphatic rings. The van der Waals surface area contributed by atoms with Gasteiger partial charge in [0.2, 0.25) is 0 Å². The Bertz CT molecular complexity index is 2150. The topological polar surface area (TPSA) is 97.2 Å². The molecule has 3 atom stereocenters. The Morgan fingerprint density at radius 3 is 2.27 bits per heavy atom. The molecule has 0 spiro atoms. The average Bonchev–Trinajstić information content (AvgIpc) is 3.10. The highest BCUT2D eigenvalue weighted by atomic mass is 32.2. The molecule has 2 fully saturated rings. The molecule has 15 heteroatoms. The van der Waals surface area contributed by atoms with Gasteiger partial charge in [0.05, 0.1) is 11.1 Å². The van der Waals surface area contributed by atoms with Crippen molar-refractivity contribution in [1.29, 1.82) is 0 Å². The fourth-order valence-electron chi connectivity index (χ4n) is 7.67. The maximum absolute atomic E-state index is 15.1. The minimum Gasteiger partial charge on any atom is -0.445 e. The predicted molar refractivity (Wildman–Crippen MR) is 202 cm³/mol. The molecule has 0 saturated carbocycles. The molecule has 2 amide bonds. The number of hydrogen-bond acceptors (Lipinski definition) is 8. The first-order valence-electron chi connectivity index (χ1n) is 18.3. The van der Waals surface area contributed by atoms with E-state index in [0.717, 1.165) is 23.8 Å². The summed E-state index contributed by atoms with van der Waals surface area (Å²) >= 11 is 1.24. The molecular weight excluding hydrogens is 739 g/mol. The number of thioether (sulfide) groups is 1. The van der Waals surface area contributed by atoms with Crippen molar-refractivity contribution in [2.45, 2.75) is 82.4 Å². The molecule has 0 aliphatic carbocycles. The Labute approximate surface area is 320 Å². The van der Waals surface area contributed by atoms with E-state index >= 15 is 13.2 Å². The molecule has 0 bridgehead atoms. The van der Waals surface area contributed by atoms with Crippen molar-refractivity contribution in [3.05, 3.63) is 88.1 Å². The van der Waals surface area contributed by atoms with E-state index in [0.29, 0.717) is 25.0 Å². The Morgan fingerprint density at radius 2 is 1.62 bits per heavy atom. The van der Waals surface area contributed by atoms with Crippen LogP contribution in [0.25, 0.3) is 22.0 Å². The summed E-state index contributed by atoms with van der Waals surface area (Å²) in [6.07, 6.45) is -5.26. The van der Waals surface area contributed by atoms with E-state index in [1.165, 1.54) is 28.5 Å². The number of ether oxygens (including phenoxy) is 2. The van der Waals surface area contributed by atoms with Gasteiger partial charge in [-0.2, -0.15) is 18.2 Å². The number of carbonyl (C=O) groups excluding carboxylic acids is 2. The summed E-state index contributed by atoms with van der Waals surface area (Å²) in [4.78, 5) is 49.9. The van der Waals surface area contributed by atoms with Gasteiger partial charge in [0.1, 0.15) is 23.8 Å². The van der Waals surface area contributed by atoms with E-state index in [1.54, 1.807) is 35.5 Å². The largest absolute Gasteiger partial charge is 0.445 e. The molecule has 3 aliphatic heterocycles. The number of benzene rings is 3. The number of anilines is 1. The van der Waals surface area contributed by atoms with Gasteiger partial charge in [-0.15, -0.1) is 11.8 Å². The number of likely N-dealkylation sites (tertiary alicyclic amines) is 1. The number of piperazine rings is 1. The Balaban J connectivity index is 1.26. The van der Waals surface area contributed by atoms with Crippen LogP contribution in [0.1, 0.15) is 58.2 Å². The van der Waals surface area contributed by atoms with E-state index in [9.17, 15) is 18.8 Å². The molecule has 3 aromatic carbocycles. The Kier molecular flexibility index (Phi) is 10.3. The first-order valence-corrected chi connectivity index (χ1v) is 19.3. The zero-order valence-corrected chi connectivity index (χ0v) is 32.0. The molecule has 292 valence electrons. The molecule has 0 unspecified atom stereocenters. The lowest BCUT2D eigenvalue weighted by Crippen LogP contribution is -2.59. The first-order chi connectivity index (χ1) is 26.0. The van der Waals surface area contributed by atoms with E-state index < -0.39 is 59.2 Å². The standard InChI is InChI=1S/C40H43F4N5O5S/c1-23-18-48(38(52)54-39(3,4)5)24(2)17-47(23)35-30-16-31(40(42,43)44)32(27-11-13-28(41)14-12-27)34-33(30)49(36(50)45-35)29(22-55-34)15-26-19-46(20-26)37(51)53-21-25-9-7-6-8-10-25/h6-14,16,23-24,26,29H,15,17-22H2,1-5H3/t23-,24-,29-/m0/s1. The first kappa shape index (κ1) is 38.5. The highest BCUT2D eigenvalue weighted by Gasteiger charge is 2.42. The molecule has 10 nitrogen and oxygen atoms in total. The second-order valence-electron chi connectivity index (χ2n) is 15.6. The van der Waals surface area contributed by atoms with Gasteiger partial charge in [0.25, 0.3) is 0 Å². The average molecular weight is 782 g/mol. The van der Waals surface area contributed by atoms with Crippen LogP contribution in [0.4, 0.5) is 33.0 Å². The summed E-state index contributed by atoms with van der Waals surface area (Å²) < 4.78 is 72.0. The van der Waals surface area contributed by atoms with E-state index in [4.69, 9.17) is 9.47 Å². The quantitative estimate of drug-likeness (QED) is 0.180. The number of carbonyl (C=O) groups is 2. The van der Waals surface area contributed by atoms with Gasteiger partial charge in [-0.3, -0.25) is 4.57 Å². The molecule has 4 heterocycles. The van der Waals surface area contributed by atoms with Crippen LogP contribution in [-0.2, 0) is 22.3 Å². The van der Waals surface area contributed by atoms with Crippen molar-refractivity contribution in [3.8, 4) is 11.1 Å². The Hall–Kier alpha value is -4.79. The molecule has 0 N–H and O–H groups in total. The third-order valence-corrected chi connectivity index (χ3v) is 11.5. The van der Waals surface area contributed by atoms with Crippen LogP contribution in [0.5, 0.6) is 0 Å². The van der Waals surface area contributed by atoms with E-state index in [2.05, 4.69) is 4.98 Å². The predicted octanol–water partition coefficient (Wildman–Crippen LogP) is 8.36. The van der Waals surface area contributed by atoms with E-state index in [-0.39, 0.29) is 58.6 Å². The number of rotatable bonds is 6. The van der Waals surface area contributed by atoms with Gasteiger partial charge in [-0.25, -0.2) is 18.8 Å². The number of aromatic nitrogens is 2. The fraction of sp³-hybridized carbons (Fsp3) is 0.450. The maximum Gasteiger partial charge on any atom is 0.417 e. The summed E-state index contributed by atoms with van der Waals surface area (Å²) in [5.74, 6) is -0.176. The van der Waals surface area contributed by atoms with Crippen molar-refractivity contribution in [3.63, 3.8) is 0 Å². The lowest BCUT2D eigenvalue weighted by molar-refractivity contribution is -0.137. The van der Waals surface area contributed by atoms with Crippen LogP contribution in [0.2, 0.25) is 0 Å². The smallest absolute Gasteiger partial charge is 0.417 e.